The van der Waals surface area contributed by atoms with Crippen LogP contribution in [0.2, 0.25) is 0 Å². The number of anilines is 6. The number of furan rings is 1. The van der Waals surface area contributed by atoms with Crippen LogP contribution in [-0.2, 0) is 21.7 Å². The molecule has 65 heavy (non-hydrogen) atoms. The van der Waals surface area contributed by atoms with E-state index in [-0.39, 0.29) is 28.4 Å². The number of hydrogen-bond donors (Lipinski definition) is 0. The highest BCUT2D eigenvalue weighted by Gasteiger charge is 2.47. The van der Waals surface area contributed by atoms with Crippen LogP contribution in [0.15, 0.2) is 120 Å². The van der Waals surface area contributed by atoms with E-state index in [2.05, 4.69) is 207 Å². The Morgan fingerprint density at radius 3 is 1.78 bits per heavy atom. The van der Waals surface area contributed by atoms with Gasteiger partial charge in [0.25, 0.3) is 6.71 Å². The standard InChI is InChI=1S/C59H55BN4O/c1-56(2,3)34-17-21-45-41(25-34)42-26-36(58(7,8)9)29-49-54(42)63(45)50-30-37(59(10,11)12)28-44-55(50)64(49)48-24-33(32-61)23-47-53(48)60(44)43-27-35(57(4,5)6)18-22-46(43)62(47)38-19-20-40-39-15-13-14-16-51(39)65-52(40)31-38/h13-31H,1-12H3. The Bertz CT molecular complexity index is 3620. The molecule has 0 N–H and O–H groups in total. The summed E-state index contributed by atoms with van der Waals surface area (Å²) in [6, 6.07) is 46.0. The first-order chi connectivity index (χ1) is 30.7. The van der Waals surface area contributed by atoms with Crippen LogP contribution in [0.5, 0.6) is 0 Å². The van der Waals surface area contributed by atoms with Gasteiger partial charge in [0.15, 0.2) is 0 Å². The second-order valence-corrected chi connectivity index (χ2v) is 23.1. The lowest BCUT2D eigenvalue weighted by Gasteiger charge is -2.47. The van der Waals surface area contributed by atoms with Gasteiger partial charge >= 0.3 is 0 Å². The highest BCUT2D eigenvalue weighted by molar-refractivity contribution is 7.00. The lowest BCUT2D eigenvalue weighted by Crippen LogP contribution is -2.62. The van der Waals surface area contributed by atoms with Crippen LogP contribution in [0.3, 0.4) is 0 Å². The fourth-order valence-corrected chi connectivity index (χ4v) is 11.1. The van der Waals surface area contributed by atoms with Crippen LogP contribution < -0.4 is 26.2 Å². The number of aromatic nitrogens is 1. The average molecular weight is 847 g/mol. The molecule has 5 heterocycles. The van der Waals surface area contributed by atoms with Gasteiger partial charge in [-0.2, -0.15) is 5.26 Å². The second kappa shape index (κ2) is 12.8. The van der Waals surface area contributed by atoms with Crippen LogP contribution in [0, 0.1) is 11.3 Å². The van der Waals surface area contributed by atoms with Crippen LogP contribution in [-0.4, -0.2) is 11.3 Å². The van der Waals surface area contributed by atoms with Gasteiger partial charge < -0.3 is 18.8 Å². The molecule has 0 aliphatic carbocycles. The number of para-hydroxylation sites is 1. The lowest BCUT2D eigenvalue weighted by molar-refractivity contribution is 0.590. The third-order valence-electron chi connectivity index (χ3n) is 14.7. The minimum Gasteiger partial charge on any atom is -0.456 e. The van der Waals surface area contributed by atoms with Gasteiger partial charge in [0.05, 0.1) is 39.7 Å². The third kappa shape index (κ3) is 5.57. The highest BCUT2D eigenvalue weighted by atomic mass is 16.3. The number of rotatable bonds is 1. The Kier molecular flexibility index (Phi) is 7.82. The summed E-state index contributed by atoms with van der Waals surface area (Å²) in [6.45, 7) is 27.7. The third-order valence-corrected chi connectivity index (χ3v) is 14.7. The van der Waals surface area contributed by atoms with Gasteiger partial charge in [0.1, 0.15) is 11.2 Å². The zero-order valence-electron chi connectivity index (χ0n) is 39.7. The van der Waals surface area contributed by atoms with Crippen LogP contribution in [0.25, 0.3) is 49.4 Å². The number of benzene rings is 7. The molecule has 0 radical (unpaired) electrons. The van der Waals surface area contributed by atoms with E-state index in [0.717, 1.165) is 50.4 Å². The first kappa shape index (κ1) is 39.9. The van der Waals surface area contributed by atoms with Crippen molar-refractivity contribution in [2.45, 2.75) is 105 Å². The summed E-state index contributed by atoms with van der Waals surface area (Å²) in [4.78, 5) is 4.95. The smallest absolute Gasteiger partial charge is 0.252 e. The van der Waals surface area contributed by atoms with Gasteiger partial charge in [0, 0.05) is 50.4 Å². The van der Waals surface area contributed by atoms with E-state index in [0.29, 0.717) is 5.56 Å². The van der Waals surface area contributed by atoms with E-state index in [4.69, 9.17) is 4.42 Å². The van der Waals surface area contributed by atoms with Crippen molar-refractivity contribution in [3.63, 3.8) is 0 Å². The van der Waals surface area contributed by atoms with E-state index < -0.39 is 0 Å². The first-order valence-electron chi connectivity index (χ1n) is 23.3. The SMILES string of the molecule is CC(C)(C)c1ccc2c(c1)B1c3cc(C(C)(C)C)cc4c3N(c3cc(C#N)cc(c31)N2c1ccc2c(c1)oc1ccccc12)c1cc(C(C)(C)C)cc2c3cc(C(C)(C)C)ccc3n-4c12. The van der Waals surface area contributed by atoms with E-state index >= 15 is 0 Å². The molecular weight excluding hydrogens is 791 g/mol. The fourth-order valence-electron chi connectivity index (χ4n) is 11.1. The lowest BCUT2D eigenvalue weighted by atomic mass is 9.33. The molecule has 3 aliphatic heterocycles. The van der Waals surface area contributed by atoms with E-state index in [1.165, 1.54) is 71.8 Å². The summed E-state index contributed by atoms with van der Waals surface area (Å²) in [5.74, 6) is 0. The largest absolute Gasteiger partial charge is 0.456 e. The molecule has 0 bridgehead atoms. The zero-order chi connectivity index (χ0) is 45.4. The Labute approximate surface area is 383 Å². The Morgan fingerprint density at radius 2 is 1.08 bits per heavy atom. The fraction of sp³-hybridized carbons (Fsp3) is 0.271. The molecule has 320 valence electrons. The summed E-state index contributed by atoms with van der Waals surface area (Å²) in [5, 5.41) is 15.8. The van der Waals surface area contributed by atoms with Crippen molar-refractivity contribution in [3.05, 3.63) is 143 Å². The Hall–Kier alpha value is -6.71. The summed E-state index contributed by atoms with van der Waals surface area (Å²) < 4.78 is 9.13. The predicted octanol–water partition coefficient (Wildman–Crippen LogP) is 14.1. The molecule has 0 unspecified atom stereocenters. The predicted molar refractivity (Wildman–Crippen MR) is 275 cm³/mol. The molecule has 3 aliphatic rings. The van der Waals surface area contributed by atoms with Crippen molar-refractivity contribution in [2.75, 3.05) is 9.80 Å². The van der Waals surface area contributed by atoms with Gasteiger partial charge in [-0.3, -0.25) is 0 Å². The molecular formula is C59H55BN4O. The van der Waals surface area contributed by atoms with Crippen molar-refractivity contribution < 1.29 is 4.42 Å². The molecule has 0 amide bonds. The highest BCUT2D eigenvalue weighted by Crippen LogP contribution is 2.54. The van der Waals surface area contributed by atoms with Crippen LogP contribution in [0.4, 0.5) is 34.1 Å². The quantitative estimate of drug-likeness (QED) is 0.154. The molecule has 0 fully saturated rings. The monoisotopic (exact) mass is 846 g/mol. The molecule has 12 rings (SSSR count). The maximum absolute atomic E-state index is 11.0. The molecule has 0 atom stereocenters. The van der Waals surface area contributed by atoms with Crippen molar-refractivity contribution in [3.8, 4) is 11.8 Å². The van der Waals surface area contributed by atoms with E-state index in [9.17, 15) is 5.26 Å². The maximum atomic E-state index is 11.0. The number of nitrogens with zero attached hydrogens (tertiary/aromatic N) is 4. The van der Waals surface area contributed by atoms with Crippen molar-refractivity contribution in [2.24, 2.45) is 0 Å². The van der Waals surface area contributed by atoms with Gasteiger partial charge in [0.2, 0.25) is 0 Å². The molecule has 5 nitrogen and oxygen atoms in total. The summed E-state index contributed by atoms with van der Waals surface area (Å²) >= 11 is 0. The Balaban J connectivity index is 1.25. The van der Waals surface area contributed by atoms with Crippen molar-refractivity contribution in [1.82, 2.24) is 4.57 Å². The number of fused-ring (bicyclic) bond motifs is 12. The van der Waals surface area contributed by atoms with Crippen LogP contribution in [0.1, 0.15) is 111 Å². The number of nitriles is 1. The topological polar surface area (TPSA) is 48.3 Å². The first-order valence-corrected chi connectivity index (χ1v) is 23.3. The molecule has 6 heteroatoms. The number of hydrogen-bond acceptors (Lipinski definition) is 4. The van der Waals surface area contributed by atoms with Crippen LogP contribution >= 0.6 is 0 Å². The summed E-state index contributed by atoms with van der Waals surface area (Å²) in [5.41, 5.74) is 21.1. The molecule has 9 aromatic rings. The molecule has 0 saturated heterocycles. The maximum Gasteiger partial charge on any atom is 0.252 e. The molecule has 0 spiro atoms. The summed E-state index contributed by atoms with van der Waals surface area (Å²) in [6.07, 6.45) is 0. The van der Waals surface area contributed by atoms with Gasteiger partial charge in [-0.15, -0.1) is 0 Å². The molecule has 0 saturated carbocycles. The normalized spacial score (nSPS) is 14.4. The van der Waals surface area contributed by atoms with Gasteiger partial charge in [-0.1, -0.05) is 126 Å². The average Bonchev–Trinajstić information content (AvgIpc) is 3.79. The minimum atomic E-state index is -0.138. The van der Waals surface area contributed by atoms with E-state index in [1.807, 2.05) is 12.1 Å². The van der Waals surface area contributed by atoms with E-state index in [1.54, 1.807) is 0 Å². The molecule has 2 aromatic heterocycles. The molecule has 7 aromatic carbocycles. The zero-order valence-corrected chi connectivity index (χ0v) is 39.7. The minimum absolute atomic E-state index is 0.0156. The van der Waals surface area contributed by atoms with Gasteiger partial charge in [-0.05, 0) is 127 Å². The van der Waals surface area contributed by atoms with Gasteiger partial charge in [-0.25, -0.2) is 0 Å². The van der Waals surface area contributed by atoms with Crippen molar-refractivity contribution >= 4 is 101 Å². The Morgan fingerprint density at radius 1 is 0.477 bits per heavy atom. The summed E-state index contributed by atoms with van der Waals surface area (Å²) in [7, 11) is 0. The van der Waals surface area contributed by atoms with Crippen molar-refractivity contribution in [1.29, 1.82) is 5.26 Å². The second-order valence-electron chi connectivity index (χ2n) is 23.1.